The van der Waals surface area contributed by atoms with E-state index >= 15 is 0 Å². The lowest BCUT2D eigenvalue weighted by molar-refractivity contribution is 0.316. The van der Waals surface area contributed by atoms with E-state index in [4.69, 9.17) is 4.74 Å². The van der Waals surface area contributed by atoms with E-state index in [-0.39, 0.29) is 0 Å². The number of ether oxygens (including phenoxy) is 1. The molecule has 2 rings (SSSR count). The van der Waals surface area contributed by atoms with Gasteiger partial charge in [-0.15, -0.1) is 0 Å². The van der Waals surface area contributed by atoms with Gasteiger partial charge in [-0.2, -0.15) is 0 Å². The highest BCUT2D eigenvalue weighted by Crippen LogP contribution is 2.22. The third-order valence-electron chi connectivity index (χ3n) is 2.67. The number of pyridine rings is 1. The lowest BCUT2D eigenvalue weighted by Crippen LogP contribution is -2.04. The molecule has 0 saturated heterocycles. The summed E-state index contributed by atoms with van der Waals surface area (Å²) >= 11 is 0. The monoisotopic (exact) mass is 272 g/mol. The maximum atomic E-state index is 5.60. The molecule has 0 aliphatic carbocycles. The summed E-state index contributed by atoms with van der Waals surface area (Å²) in [7, 11) is 0. The highest BCUT2D eigenvalue weighted by molar-refractivity contribution is 5.61. The second-order valence-electron chi connectivity index (χ2n) is 4.51. The van der Waals surface area contributed by atoms with Crippen molar-refractivity contribution < 1.29 is 4.74 Å². The molecule has 1 N–H and O–H groups in total. The molecule has 0 bridgehead atoms. The van der Waals surface area contributed by atoms with Gasteiger partial charge in [0.25, 0.3) is 0 Å². The average molecular weight is 272 g/mol. The molecule has 0 aliphatic rings. The number of hydrogen-bond acceptors (Lipinski definition) is 5. The number of anilines is 1. The molecule has 0 amide bonds. The molecule has 2 aromatic heterocycles. The van der Waals surface area contributed by atoms with Crippen LogP contribution >= 0.6 is 0 Å². The molecule has 0 spiro atoms. The minimum atomic E-state index is 0.641. The van der Waals surface area contributed by atoms with Crippen molar-refractivity contribution in [2.75, 3.05) is 18.5 Å². The molecule has 0 unspecified atom stereocenters. The van der Waals surface area contributed by atoms with Crippen LogP contribution in [0.1, 0.15) is 26.0 Å². The van der Waals surface area contributed by atoms with Crippen molar-refractivity contribution in [1.82, 2.24) is 15.0 Å². The normalized spacial score (nSPS) is 10.3. The molecule has 2 aromatic rings. The van der Waals surface area contributed by atoms with Crippen LogP contribution in [-0.2, 0) is 0 Å². The Morgan fingerprint density at radius 1 is 1.15 bits per heavy atom. The smallest absolute Gasteiger partial charge is 0.223 e. The van der Waals surface area contributed by atoms with E-state index in [1.165, 1.54) is 0 Å². The number of aryl methyl sites for hydroxylation is 1. The minimum absolute atomic E-state index is 0.641. The Balaban J connectivity index is 2.30. The predicted octanol–water partition coefficient (Wildman–Crippen LogP) is 3.07. The standard InChI is InChI=1S/C15H20N4O/c1-4-6-20-13-8-12(9-16-10-13)14-7-11(3)18-15(19-14)17-5-2/h7-10H,4-6H2,1-3H3,(H,17,18,19). The van der Waals surface area contributed by atoms with Crippen molar-refractivity contribution in [3.8, 4) is 17.0 Å². The van der Waals surface area contributed by atoms with Crippen LogP contribution < -0.4 is 10.1 Å². The molecule has 0 fully saturated rings. The van der Waals surface area contributed by atoms with Gasteiger partial charge >= 0.3 is 0 Å². The zero-order valence-corrected chi connectivity index (χ0v) is 12.2. The maximum Gasteiger partial charge on any atom is 0.223 e. The lowest BCUT2D eigenvalue weighted by Gasteiger charge is -2.08. The van der Waals surface area contributed by atoms with Crippen molar-refractivity contribution in [2.45, 2.75) is 27.2 Å². The summed E-state index contributed by atoms with van der Waals surface area (Å²) in [4.78, 5) is 13.1. The number of aromatic nitrogens is 3. The second kappa shape index (κ2) is 6.84. The van der Waals surface area contributed by atoms with Gasteiger partial charge in [0, 0.05) is 24.0 Å². The van der Waals surface area contributed by atoms with Gasteiger partial charge in [0.1, 0.15) is 5.75 Å². The predicted molar refractivity (Wildman–Crippen MR) is 79.9 cm³/mol. The number of hydrogen-bond donors (Lipinski definition) is 1. The van der Waals surface area contributed by atoms with E-state index in [9.17, 15) is 0 Å². The minimum Gasteiger partial charge on any atom is -0.492 e. The molecule has 5 nitrogen and oxygen atoms in total. The van der Waals surface area contributed by atoms with E-state index in [0.717, 1.165) is 35.7 Å². The topological polar surface area (TPSA) is 59.9 Å². The molecule has 5 heteroatoms. The largest absolute Gasteiger partial charge is 0.492 e. The van der Waals surface area contributed by atoms with Crippen LogP contribution in [0.5, 0.6) is 5.75 Å². The fourth-order valence-electron chi connectivity index (χ4n) is 1.81. The Morgan fingerprint density at radius 2 is 2.00 bits per heavy atom. The van der Waals surface area contributed by atoms with Crippen molar-refractivity contribution in [3.05, 3.63) is 30.2 Å². The van der Waals surface area contributed by atoms with Crippen molar-refractivity contribution in [3.63, 3.8) is 0 Å². The molecular formula is C15H20N4O. The zero-order valence-electron chi connectivity index (χ0n) is 12.2. The van der Waals surface area contributed by atoms with E-state index in [1.807, 2.05) is 26.0 Å². The first kappa shape index (κ1) is 14.2. The lowest BCUT2D eigenvalue weighted by atomic mass is 10.2. The van der Waals surface area contributed by atoms with Gasteiger partial charge < -0.3 is 10.1 Å². The highest BCUT2D eigenvalue weighted by atomic mass is 16.5. The Labute approximate surface area is 119 Å². The molecule has 20 heavy (non-hydrogen) atoms. The fraction of sp³-hybridized carbons (Fsp3) is 0.400. The Hall–Kier alpha value is -2.17. The first-order chi connectivity index (χ1) is 9.72. The first-order valence-corrected chi connectivity index (χ1v) is 6.90. The van der Waals surface area contributed by atoms with Crippen LogP contribution in [0.25, 0.3) is 11.3 Å². The summed E-state index contributed by atoms with van der Waals surface area (Å²) < 4.78 is 5.60. The Morgan fingerprint density at radius 3 is 2.75 bits per heavy atom. The summed E-state index contributed by atoms with van der Waals surface area (Å²) in [5.74, 6) is 1.41. The Kier molecular flexibility index (Phi) is 4.87. The summed E-state index contributed by atoms with van der Waals surface area (Å²) in [6.45, 7) is 7.54. The zero-order chi connectivity index (χ0) is 14.4. The summed E-state index contributed by atoms with van der Waals surface area (Å²) in [6.07, 6.45) is 4.48. The van der Waals surface area contributed by atoms with Gasteiger partial charge in [0.2, 0.25) is 5.95 Å². The maximum absolute atomic E-state index is 5.60. The van der Waals surface area contributed by atoms with Crippen molar-refractivity contribution in [1.29, 1.82) is 0 Å². The summed E-state index contributed by atoms with van der Waals surface area (Å²) in [6, 6.07) is 3.90. The third kappa shape index (κ3) is 3.66. The van der Waals surface area contributed by atoms with E-state index in [2.05, 4.69) is 27.2 Å². The molecule has 2 heterocycles. The van der Waals surface area contributed by atoms with Gasteiger partial charge in [-0.3, -0.25) is 4.98 Å². The van der Waals surface area contributed by atoms with Crippen molar-refractivity contribution >= 4 is 5.95 Å². The van der Waals surface area contributed by atoms with Gasteiger partial charge in [-0.1, -0.05) is 6.92 Å². The fourth-order valence-corrected chi connectivity index (χ4v) is 1.81. The second-order valence-corrected chi connectivity index (χ2v) is 4.51. The van der Waals surface area contributed by atoms with Crippen LogP contribution in [-0.4, -0.2) is 28.1 Å². The number of rotatable bonds is 6. The number of nitrogens with one attached hydrogen (secondary N) is 1. The molecular weight excluding hydrogens is 252 g/mol. The van der Waals surface area contributed by atoms with Crippen LogP contribution in [0, 0.1) is 6.92 Å². The van der Waals surface area contributed by atoms with E-state index in [0.29, 0.717) is 12.6 Å². The van der Waals surface area contributed by atoms with Gasteiger partial charge in [-0.25, -0.2) is 9.97 Å². The summed E-state index contributed by atoms with van der Waals surface area (Å²) in [5.41, 5.74) is 2.71. The SMILES string of the molecule is CCCOc1cncc(-c2cc(C)nc(NCC)n2)c1. The molecule has 106 valence electrons. The molecule has 0 aromatic carbocycles. The first-order valence-electron chi connectivity index (χ1n) is 6.90. The molecule has 0 saturated carbocycles. The van der Waals surface area contributed by atoms with Crippen LogP contribution in [0.4, 0.5) is 5.95 Å². The number of nitrogens with zero attached hydrogens (tertiary/aromatic N) is 3. The molecule has 0 radical (unpaired) electrons. The van der Waals surface area contributed by atoms with Crippen LogP contribution in [0.15, 0.2) is 24.5 Å². The van der Waals surface area contributed by atoms with E-state index < -0.39 is 0 Å². The average Bonchev–Trinajstić information content (AvgIpc) is 2.45. The van der Waals surface area contributed by atoms with Crippen LogP contribution in [0.2, 0.25) is 0 Å². The van der Waals surface area contributed by atoms with E-state index in [1.54, 1.807) is 12.4 Å². The quantitative estimate of drug-likeness (QED) is 0.875. The van der Waals surface area contributed by atoms with Crippen molar-refractivity contribution in [2.24, 2.45) is 0 Å². The van der Waals surface area contributed by atoms with Gasteiger partial charge in [0.15, 0.2) is 0 Å². The van der Waals surface area contributed by atoms with Gasteiger partial charge in [-0.05, 0) is 32.4 Å². The van der Waals surface area contributed by atoms with Crippen LogP contribution in [0.3, 0.4) is 0 Å². The summed E-state index contributed by atoms with van der Waals surface area (Å²) in [5, 5.41) is 3.13. The highest BCUT2D eigenvalue weighted by Gasteiger charge is 2.06. The molecule has 0 atom stereocenters. The third-order valence-corrected chi connectivity index (χ3v) is 2.67. The van der Waals surface area contributed by atoms with Gasteiger partial charge in [0.05, 0.1) is 18.5 Å². The molecule has 0 aliphatic heterocycles. The Bertz CT molecular complexity index is 572.